The normalized spacial score (nSPS) is 11.0. The Hall–Kier alpha value is -3.15. The second-order valence-electron chi connectivity index (χ2n) is 8.12. The van der Waals surface area contributed by atoms with E-state index in [4.69, 9.17) is 5.10 Å². The Morgan fingerprint density at radius 1 is 1.10 bits per heavy atom. The average Bonchev–Trinajstić information content (AvgIpc) is 3.03. The van der Waals surface area contributed by atoms with Crippen LogP contribution < -0.4 is 4.90 Å². The summed E-state index contributed by atoms with van der Waals surface area (Å²) in [4.78, 5) is 17.1. The summed E-state index contributed by atoms with van der Waals surface area (Å²) in [5, 5.41) is 4.76. The van der Waals surface area contributed by atoms with Crippen molar-refractivity contribution in [3.63, 3.8) is 0 Å². The lowest BCUT2D eigenvalue weighted by molar-refractivity contribution is 0.0722. The second kappa shape index (κ2) is 9.11. The Bertz CT molecular complexity index is 1010. The predicted octanol–water partition coefficient (Wildman–Crippen LogP) is 4.59. The van der Waals surface area contributed by atoms with E-state index in [9.17, 15) is 9.18 Å². The molecule has 0 aliphatic rings. The van der Waals surface area contributed by atoms with Gasteiger partial charge in [0, 0.05) is 44.4 Å². The third-order valence-electron chi connectivity index (χ3n) is 4.88. The molecule has 0 unspecified atom stereocenters. The van der Waals surface area contributed by atoms with E-state index >= 15 is 0 Å². The van der Waals surface area contributed by atoms with E-state index in [0.29, 0.717) is 18.7 Å². The number of carbonyl (C=O) groups is 1. The molecule has 3 rings (SSSR count). The molecule has 0 spiro atoms. The summed E-state index contributed by atoms with van der Waals surface area (Å²) in [7, 11) is 5.85. The molecule has 0 saturated carbocycles. The average molecular weight is 409 g/mol. The van der Waals surface area contributed by atoms with E-state index in [0.717, 1.165) is 22.6 Å². The molecular weight excluding hydrogens is 379 g/mol. The van der Waals surface area contributed by atoms with Gasteiger partial charge in [0.1, 0.15) is 11.6 Å². The van der Waals surface area contributed by atoms with Crippen LogP contribution in [0.2, 0.25) is 0 Å². The molecule has 3 aromatic rings. The number of hydrogen-bond acceptors (Lipinski definition) is 3. The van der Waals surface area contributed by atoms with Gasteiger partial charge in [0.05, 0.1) is 12.2 Å². The van der Waals surface area contributed by atoms with Gasteiger partial charge < -0.3 is 9.80 Å². The number of aromatic nitrogens is 2. The van der Waals surface area contributed by atoms with Gasteiger partial charge in [-0.3, -0.25) is 9.48 Å². The Morgan fingerprint density at radius 2 is 1.80 bits per heavy atom. The lowest BCUT2D eigenvalue weighted by atomic mass is 10.1. The molecule has 158 valence electrons. The number of nitrogens with zero attached hydrogens (tertiary/aromatic N) is 4. The predicted molar refractivity (Wildman–Crippen MR) is 119 cm³/mol. The molecule has 0 aliphatic carbocycles. The fourth-order valence-corrected chi connectivity index (χ4v) is 3.75. The molecule has 6 heteroatoms. The summed E-state index contributed by atoms with van der Waals surface area (Å²) in [5.41, 5.74) is 3.17. The molecule has 30 heavy (non-hydrogen) atoms. The van der Waals surface area contributed by atoms with Crippen LogP contribution in [0.4, 0.5) is 10.2 Å². The molecule has 5 nitrogen and oxygen atoms in total. The van der Waals surface area contributed by atoms with Crippen LogP contribution >= 0.6 is 0 Å². The van der Waals surface area contributed by atoms with Crippen molar-refractivity contribution in [1.29, 1.82) is 0 Å². The minimum absolute atomic E-state index is 0.184. The van der Waals surface area contributed by atoms with E-state index in [1.165, 1.54) is 12.1 Å². The Balaban J connectivity index is 2.06. The topological polar surface area (TPSA) is 41.4 Å². The number of anilines is 1. The van der Waals surface area contributed by atoms with Crippen LogP contribution in [-0.4, -0.2) is 41.2 Å². The number of amides is 1. The molecule has 1 heterocycles. The molecule has 0 atom stereocenters. The number of hydrogen-bond donors (Lipinski definition) is 0. The lowest BCUT2D eigenvalue weighted by Crippen LogP contribution is -2.34. The quantitative estimate of drug-likeness (QED) is 0.574. The van der Waals surface area contributed by atoms with Crippen LogP contribution in [0.3, 0.4) is 0 Å². The first kappa shape index (κ1) is 21.6. The van der Waals surface area contributed by atoms with Gasteiger partial charge in [-0.15, -0.1) is 0 Å². The first-order chi connectivity index (χ1) is 14.3. The van der Waals surface area contributed by atoms with Gasteiger partial charge in [-0.25, -0.2) is 4.39 Å². The zero-order chi connectivity index (χ0) is 21.8. The van der Waals surface area contributed by atoms with E-state index in [-0.39, 0.29) is 11.8 Å². The van der Waals surface area contributed by atoms with Crippen LogP contribution in [0.1, 0.15) is 29.8 Å². The fourth-order valence-electron chi connectivity index (χ4n) is 3.75. The Labute approximate surface area is 177 Å². The van der Waals surface area contributed by atoms with Crippen molar-refractivity contribution in [2.24, 2.45) is 13.0 Å². The van der Waals surface area contributed by atoms with Gasteiger partial charge in [0.2, 0.25) is 0 Å². The second-order valence-corrected chi connectivity index (χ2v) is 8.12. The summed E-state index contributed by atoms with van der Waals surface area (Å²) in [6.45, 7) is 5.09. The van der Waals surface area contributed by atoms with Crippen molar-refractivity contribution >= 4 is 11.7 Å². The maximum Gasteiger partial charge on any atom is 0.254 e. The number of halogens is 1. The number of benzene rings is 2. The van der Waals surface area contributed by atoms with Gasteiger partial charge in [-0.2, -0.15) is 5.10 Å². The molecule has 0 aliphatic heterocycles. The van der Waals surface area contributed by atoms with Crippen molar-refractivity contribution < 1.29 is 9.18 Å². The van der Waals surface area contributed by atoms with Gasteiger partial charge in [-0.1, -0.05) is 50.2 Å². The highest BCUT2D eigenvalue weighted by Gasteiger charge is 2.25. The molecule has 0 bridgehead atoms. The van der Waals surface area contributed by atoms with Crippen molar-refractivity contribution in [2.45, 2.75) is 20.4 Å². The van der Waals surface area contributed by atoms with Crippen molar-refractivity contribution in [1.82, 2.24) is 14.7 Å². The zero-order valence-corrected chi connectivity index (χ0v) is 18.3. The molecule has 0 radical (unpaired) electrons. The highest BCUT2D eigenvalue weighted by molar-refractivity contribution is 5.94. The van der Waals surface area contributed by atoms with E-state index in [1.54, 1.807) is 17.0 Å². The summed E-state index contributed by atoms with van der Waals surface area (Å²) < 4.78 is 15.6. The summed E-state index contributed by atoms with van der Waals surface area (Å²) in [6.07, 6.45) is 0. The molecule has 0 saturated heterocycles. The standard InChI is InChI=1S/C24H29FN4O/c1-17(2)15-29(24(30)19-12-9-13-20(25)14-19)16-21-22(18-10-7-6-8-11-18)26-28(5)23(21)27(3)4/h6-14,17H,15-16H2,1-5H3. The van der Waals surface area contributed by atoms with E-state index < -0.39 is 5.82 Å². The molecular formula is C24H29FN4O. The van der Waals surface area contributed by atoms with Crippen LogP contribution in [0.25, 0.3) is 11.3 Å². The summed E-state index contributed by atoms with van der Waals surface area (Å²) in [5.74, 6) is 0.610. The number of rotatable bonds is 7. The molecule has 1 aromatic heterocycles. The Kier molecular flexibility index (Phi) is 6.55. The van der Waals surface area contributed by atoms with Gasteiger partial charge in [0.25, 0.3) is 5.91 Å². The van der Waals surface area contributed by atoms with Crippen LogP contribution in [0.15, 0.2) is 54.6 Å². The third kappa shape index (κ3) is 4.70. The maximum atomic E-state index is 13.7. The van der Waals surface area contributed by atoms with Crippen molar-refractivity contribution in [3.8, 4) is 11.3 Å². The largest absolute Gasteiger partial charge is 0.363 e. The monoisotopic (exact) mass is 408 g/mol. The van der Waals surface area contributed by atoms with Crippen molar-refractivity contribution in [2.75, 3.05) is 25.5 Å². The van der Waals surface area contributed by atoms with Gasteiger partial charge in [0.15, 0.2) is 0 Å². The lowest BCUT2D eigenvalue weighted by Gasteiger charge is -2.26. The smallest absolute Gasteiger partial charge is 0.254 e. The highest BCUT2D eigenvalue weighted by Crippen LogP contribution is 2.31. The highest BCUT2D eigenvalue weighted by atomic mass is 19.1. The zero-order valence-electron chi connectivity index (χ0n) is 18.3. The number of carbonyl (C=O) groups excluding carboxylic acids is 1. The molecule has 1 amide bonds. The van der Waals surface area contributed by atoms with Crippen LogP contribution in [0.5, 0.6) is 0 Å². The van der Waals surface area contributed by atoms with Gasteiger partial charge >= 0.3 is 0 Å². The van der Waals surface area contributed by atoms with Crippen LogP contribution in [-0.2, 0) is 13.6 Å². The van der Waals surface area contributed by atoms with Gasteiger partial charge in [-0.05, 0) is 24.1 Å². The SMILES string of the molecule is CC(C)CN(Cc1c(-c2ccccc2)nn(C)c1N(C)C)C(=O)c1cccc(F)c1. The maximum absolute atomic E-state index is 13.7. The first-order valence-corrected chi connectivity index (χ1v) is 10.1. The molecule has 0 fully saturated rings. The summed E-state index contributed by atoms with van der Waals surface area (Å²) in [6, 6.07) is 15.8. The minimum atomic E-state index is -0.411. The molecule has 0 N–H and O–H groups in total. The van der Waals surface area contributed by atoms with E-state index in [2.05, 4.69) is 13.8 Å². The van der Waals surface area contributed by atoms with E-state index in [1.807, 2.05) is 61.1 Å². The Morgan fingerprint density at radius 3 is 2.40 bits per heavy atom. The first-order valence-electron chi connectivity index (χ1n) is 10.1. The van der Waals surface area contributed by atoms with Crippen LogP contribution in [0, 0.1) is 11.7 Å². The molecule has 2 aromatic carbocycles. The fraction of sp³-hybridized carbons (Fsp3) is 0.333. The minimum Gasteiger partial charge on any atom is -0.363 e. The van der Waals surface area contributed by atoms with Crippen molar-refractivity contribution in [3.05, 3.63) is 71.5 Å². The third-order valence-corrected chi connectivity index (χ3v) is 4.88. The number of aryl methyl sites for hydroxylation is 1. The summed E-state index contributed by atoms with van der Waals surface area (Å²) >= 11 is 0.